The molecule has 0 N–H and O–H groups in total. The zero-order chi connectivity index (χ0) is 43.1. The van der Waals surface area contributed by atoms with E-state index in [-0.39, 0.29) is 0 Å². The second kappa shape index (κ2) is 13.1. The predicted octanol–water partition coefficient (Wildman–Crippen LogP) is 16.3. The van der Waals surface area contributed by atoms with Crippen LogP contribution in [0.15, 0.2) is 241 Å². The largest absolute Gasteiger partial charge is 0.456 e. The van der Waals surface area contributed by atoms with Gasteiger partial charge in [0.2, 0.25) is 0 Å². The average Bonchev–Trinajstić information content (AvgIpc) is 4.16. The lowest BCUT2D eigenvalue weighted by Crippen LogP contribution is -2.26. The number of hydrogen-bond donors (Lipinski definition) is 0. The van der Waals surface area contributed by atoms with Gasteiger partial charge in [0.25, 0.3) is 0 Å². The van der Waals surface area contributed by atoms with E-state index in [4.69, 9.17) is 4.42 Å². The minimum Gasteiger partial charge on any atom is -0.456 e. The number of rotatable bonds is 4. The summed E-state index contributed by atoms with van der Waals surface area (Å²) in [6.07, 6.45) is 0. The van der Waals surface area contributed by atoms with Gasteiger partial charge in [-0.3, -0.25) is 0 Å². The number of nitrogens with zero attached hydrogens (tertiary/aromatic N) is 1. The van der Waals surface area contributed by atoms with Gasteiger partial charge in [-0.2, -0.15) is 0 Å². The normalized spacial score (nSPS) is 15.8. The van der Waals surface area contributed by atoms with Crippen LogP contribution in [0, 0.1) is 0 Å². The van der Waals surface area contributed by atoms with Crippen molar-refractivity contribution in [2.45, 2.75) is 10.8 Å². The SMILES string of the molecule is c1ccc(-c2ccccc2N(c2ccc3c(c2)C2(c4ccccc4-c4ccccc42)c2ccccc2-3)c2cccc3c2-c2ccccc2C32c3ccccc3-c3oc4ccccc4c32)cc1. The minimum atomic E-state index is -0.591. The highest BCUT2D eigenvalue weighted by Gasteiger charge is 2.56. The molecule has 11 aromatic rings. The Morgan fingerprint density at radius 1 is 0.318 bits per heavy atom. The summed E-state index contributed by atoms with van der Waals surface area (Å²) in [7, 11) is 0. The molecule has 1 unspecified atom stereocenters. The van der Waals surface area contributed by atoms with Crippen molar-refractivity contribution in [2.75, 3.05) is 4.90 Å². The van der Waals surface area contributed by atoms with Gasteiger partial charge in [0, 0.05) is 33.3 Å². The van der Waals surface area contributed by atoms with Crippen LogP contribution in [0.4, 0.5) is 17.1 Å². The molecule has 10 aromatic carbocycles. The van der Waals surface area contributed by atoms with Crippen LogP contribution in [0.1, 0.15) is 44.5 Å². The van der Waals surface area contributed by atoms with E-state index < -0.39 is 10.8 Å². The van der Waals surface area contributed by atoms with Gasteiger partial charge in [0.15, 0.2) is 0 Å². The quantitative estimate of drug-likeness (QED) is 0.176. The molecule has 0 fully saturated rings. The maximum atomic E-state index is 6.89. The lowest BCUT2D eigenvalue weighted by atomic mass is 9.70. The molecule has 0 saturated heterocycles. The zero-order valence-electron chi connectivity index (χ0n) is 35.9. The highest BCUT2D eigenvalue weighted by molar-refractivity contribution is 6.06. The molecule has 1 heterocycles. The number of anilines is 3. The number of benzene rings is 10. The van der Waals surface area contributed by atoms with Crippen LogP contribution in [-0.4, -0.2) is 0 Å². The molecule has 0 aliphatic heterocycles. The summed E-state index contributed by atoms with van der Waals surface area (Å²) in [6.45, 7) is 0. The summed E-state index contributed by atoms with van der Waals surface area (Å²) < 4.78 is 6.89. The number of hydrogen-bond acceptors (Lipinski definition) is 2. The van der Waals surface area contributed by atoms with Crippen molar-refractivity contribution >= 4 is 28.0 Å². The summed E-state index contributed by atoms with van der Waals surface area (Å²) in [5.74, 6) is 0.965. The molecule has 1 atom stereocenters. The molecule has 2 spiro atoms. The maximum absolute atomic E-state index is 6.89. The van der Waals surface area contributed by atoms with E-state index in [9.17, 15) is 0 Å². The summed E-state index contributed by atoms with van der Waals surface area (Å²) in [6, 6.07) is 88.0. The molecule has 4 aliphatic carbocycles. The summed E-state index contributed by atoms with van der Waals surface area (Å²) in [5.41, 5.74) is 24.7. The fraction of sp³-hybridized carbons (Fsp3) is 0.0312. The molecular formula is C64H39NO. The highest BCUT2D eigenvalue weighted by Crippen LogP contribution is 2.68. The van der Waals surface area contributed by atoms with Gasteiger partial charge in [0.1, 0.15) is 11.3 Å². The molecular weight excluding hydrogens is 799 g/mol. The van der Waals surface area contributed by atoms with Gasteiger partial charge in [-0.1, -0.05) is 206 Å². The molecule has 66 heavy (non-hydrogen) atoms. The second-order valence-electron chi connectivity index (χ2n) is 18.2. The van der Waals surface area contributed by atoms with E-state index in [2.05, 4.69) is 241 Å². The first-order chi connectivity index (χ1) is 32.8. The summed E-state index contributed by atoms with van der Waals surface area (Å²) in [5, 5.41) is 1.16. The number of furan rings is 1. The predicted molar refractivity (Wildman–Crippen MR) is 269 cm³/mol. The smallest absolute Gasteiger partial charge is 0.140 e. The van der Waals surface area contributed by atoms with Crippen LogP contribution < -0.4 is 4.90 Å². The van der Waals surface area contributed by atoms with Crippen LogP contribution in [-0.2, 0) is 10.8 Å². The van der Waals surface area contributed by atoms with Crippen molar-refractivity contribution in [1.82, 2.24) is 0 Å². The number of para-hydroxylation sites is 2. The lowest BCUT2D eigenvalue weighted by molar-refractivity contribution is 0.628. The molecule has 4 aliphatic rings. The molecule has 0 bridgehead atoms. The average molecular weight is 838 g/mol. The minimum absolute atomic E-state index is 0.485. The second-order valence-corrected chi connectivity index (χ2v) is 18.2. The van der Waals surface area contributed by atoms with Crippen molar-refractivity contribution < 1.29 is 4.42 Å². The van der Waals surface area contributed by atoms with Gasteiger partial charge in [-0.15, -0.1) is 0 Å². The van der Waals surface area contributed by atoms with Crippen LogP contribution >= 0.6 is 0 Å². The Kier molecular flexibility index (Phi) is 7.11. The Balaban J connectivity index is 1.06. The van der Waals surface area contributed by atoms with Crippen LogP contribution in [0.5, 0.6) is 0 Å². The lowest BCUT2D eigenvalue weighted by Gasteiger charge is -2.34. The Morgan fingerprint density at radius 3 is 1.48 bits per heavy atom. The molecule has 1 aromatic heterocycles. The molecule has 0 radical (unpaired) electrons. The third kappa shape index (κ3) is 4.32. The Morgan fingerprint density at radius 2 is 0.803 bits per heavy atom. The van der Waals surface area contributed by atoms with Crippen LogP contribution in [0.25, 0.3) is 66.8 Å². The van der Waals surface area contributed by atoms with E-state index in [0.29, 0.717) is 0 Å². The fourth-order valence-corrected chi connectivity index (χ4v) is 13.0. The molecule has 0 saturated carbocycles. The fourth-order valence-electron chi connectivity index (χ4n) is 13.0. The van der Waals surface area contributed by atoms with Gasteiger partial charge in [-0.05, 0) is 103 Å². The van der Waals surface area contributed by atoms with Gasteiger partial charge in [-0.25, -0.2) is 0 Å². The summed E-state index contributed by atoms with van der Waals surface area (Å²) >= 11 is 0. The standard InChI is InChI=1S/C64H39NO/c1-2-19-40(20-3-1)42-21-9-16-34-57(42)65(41-37-38-46-45-24-6-13-30-52(45)63(56(46)39-41)50-28-11-4-22-43(50)44-23-5-12-29-51(44)63)58-35-18-33-55-60(58)47-25-7-14-31-53(47)64(55)54-32-15-8-26-48(54)62-61(64)49-27-10-17-36-59(49)66-62/h1-39H. The van der Waals surface area contributed by atoms with E-state index >= 15 is 0 Å². The van der Waals surface area contributed by atoms with E-state index in [0.717, 1.165) is 39.4 Å². The van der Waals surface area contributed by atoms with Crippen molar-refractivity contribution in [1.29, 1.82) is 0 Å². The summed E-state index contributed by atoms with van der Waals surface area (Å²) in [4.78, 5) is 2.57. The first-order valence-electron chi connectivity index (χ1n) is 23.0. The van der Waals surface area contributed by atoms with E-state index in [1.54, 1.807) is 0 Å². The van der Waals surface area contributed by atoms with Gasteiger partial charge in [0.05, 0.1) is 22.2 Å². The first kappa shape index (κ1) is 35.9. The Bertz CT molecular complexity index is 3790. The van der Waals surface area contributed by atoms with Crippen LogP contribution in [0.3, 0.4) is 0 Å². The maximum Gasteiger partial charge on any atom is 0.140 e. The molecule has 306 valence electrons. The topological polar surface area (TPSA) is 16.4 Å². The molecule has 0 amide bonds. The molecule has 15 rings (SSSR count). The Hall–Kier alpha value is -8.46. The van der Waals surface area contributed by atoms with E-state index in [1.165, 1.54) is 89.0 Å². The van der Waals surface area contributed by atoms with Crippen molar-refractivity contribution in [3.8, 4) is 55.8 Å². The third-order valence-electron chi connectivity index (χ3n) is 15.3. The van der Waals surface area contributed by atoms with Crippen LogP contribution in [0.2, 0.25) is 0 Å². The Labute approximate surface area is 383 Å². The highest BCUT2D eigenvalue weighted by atomic mass is 16.3. The first-order valence-corrected chi connectivity index (χ1v) is 23.0. The van der Waals surface area contributed by atoms with Gasteiger partial charge < -0.3 is 9.32 Å². The van der Waals surface area contributed by atoms with Crippen molar-refractivity contribution in [3.05, 3.63) is 281 Å². The third-order valence-corrected chi connectivity index (χ3v) is 15.3. The monoisotopic (exact) mass is 837 g/mol. The van der Waals surface area contributed by atoms with Crippen molar-refractivity contribution in [2.24, 2.45) is 0 Å². The zero-order valence-corrected chi connectivity index (χ0v) is 35.9. The van der Waals surface area contributed by atoms with Crippen molar-refractivity contribution in [3.63, 3.8) is 0 Å². The van der Waals surface area contributed by atoms with E-state index in [1.807, 2.05) is 0 Å². The van der Waals surface area contributed by atoms with Gasteiger partial charge >= 0.3 is 0 Å². The number of fused-ring (bicyclic) bond motifs is 22. The molecule has 2 nitrogen and oxygen atoms in total. The molecule has 2 heteroatoms.